The molecule has 0 unspecified atom stereocenters. The lowest BCUT2D eigenvalue weighted by atomic mass is 10.1. The number of phenols is 1. The zero-order valence-corrected chi connectivity index (χ0v) is 12.0. The van der Waals surface area contributed by atoms with Crippen LogP contribution < -0.4 is 5.32 Å². The molecule has 0 amide bonds. The molecule has 0 aliphatic rings. The van der Waals surface area contributed by atoms with Crippen LogP contribution in [0.5, 0.6) is 5.75 Å². The van der Waals surface area contributed by atoms with Crippen molar-refractivity contribution < 1.29 is 5.11 Å². The number of nitriles is 1. The molecule has 2 aromatic rings. The number of nitrogens with zero attached hydrogens (tertiary/aromatic N) is 1. The Morgan fingerprint density at radius 1 is 1.26 bits per heavy atom. The predicted octanol–water partition coefficient (Wildman–Crippen LogP) is 3.95. The summed E-state index contributed by atoms with van der Waals surface area (Å²) in [5.74, 6) is 0.256. The van der Waals surface area contributed by atoms with Gasteiger partial charge < -0.3 is 10.4 Å². The lowest BCUT2D eigenvalue weighted by Crippen LogP contribution is -2.02. The van der Waals surface area contributed by atoms with E-state index in [1.165, 1.54) is 0 Å². The minimum absolute atomic E-state index is 0.256. The van der Waals surface area contributed by atoms with Crippen LogP contribution in [0.3, 0.4) is 0 Å². The number of hydrogen-bond donors (Lipinski definition) is 2. The smallest absolute Gasteiger partial charge is 0.120 e. The Bertz CT molecular complexity index is 647. The largest absolute Gasteiger partial charge is 0.508 e. The average molecular weight is 317 g/mol. The van der Waals surface area contributed by atoms with Crippen LogP contribution >= 0.6 is 15.9 Å². The highest BCUT2D eigenvalue weighted by atomic mass is 79.9. The Balaban J connectivity index is 2.21. The van der Waals surface area contributed by atoms with E-state index in [0.717, 1.165) is 21.3 Å². The van der Waals surface area contributed by atoms with Crippen LogP contribution in [0.1, 0.15) is 16.7 Å². The summed E-state index contributed by atoms with van der Waals surface area (Å²) in [6.07, 6.45) is 0. The number of halogens is 1. The van der Waals surface area contributed by atoms with E-state index in [1.807, 2.05) is 31.2 Å². The van der Waals surface area contributed by atoms with Crippen LogP contribution in [0.15, 0.2) is 40.9 Å². The summed E-state index contributed by atoms with van der Waals surface area (Å²) in [4.78, 5) is 0. The number of hydrogen-bond acceptors (Lipinski definition) is 3. The molecule has 0 atom stereocenters. The van der Waals surface area contributed by atoms with Crippen LogP contribution in [0, 0.1) is 18.3 Å². The van der Waals surface area contributed by atoms with E-state index in [-0.39, 0.29) is 5.75 Å². The second-order valence-corrected chi connectivity index (χ2v) is 5.20. The Kier molecular flexibility index (Phi) is 4.08. The summed E-state index contributed by atoms with van der Waals surface area (Å²) < 4.78 is 0.905. The molecule has 0 aromatic heterocycles. The summed E-state index contributed by atoms with van der Waals surface area (Å²) in [6, 6.07) is 13.0. The highest BCUT2D eigenvalue weighted by Crippen LogP contribution is 2.24. The van der Waals surface area contributed by atoms with Gasteiger partial charge in [-0.3, -0.25) is 0 Å². The van der Waals surface area contributed by atoms with Crippen LogP contribution in [0.25, 0.3) is 0 Å². The highest BCUT2D eigenvalue weighted by Gasteiger charge is 2.05. The Morgan fingerprint density at radius 2 is 2.05 bits per heavy atom. The molecule has 0 radical (unpaired) electrons. The van der Waals surface area contributed by atoms with Gasteiger partial charge >= 0.3 is 0 Å². The van der Waals surface area contributed by atoms with E-state index in [2.05, 4.69) is 27.3 Å². The average Bonchev–Trinajstić information content (AvgIpc) is 2.40. The predicted molar refractivity (Wildman–Crippen MR) is 79.0 cm³/mol. The molecule has 2 aromatic carbocycles. The number of aromatic hydroxyl groups is 1. The first kappa shape index (κ1) is 13.4. The Morgan fingerprint density at radius 3 is 2.79 bits per heavy atom. The van der Waals surface area contributed by atoms with Gasteiger partial charge in [-0.2, -0.15) is 5.26 Å². The molecule has 0 heterocycles. The van der Waals surface area contributed by atoms with E-state index in [4.69, 9.17) is 5.26 Å². The van der Waals surface area contributed by atoms with Gasteiger partial charge in [0.1, 0.15) is 11.8 Å². The topological polar surface area (TPSA) is 56.0 Å². The maximum atomic E-state index is 9.78. The Labute approximate surface area is 120 Å². The normalized spacial score (nSPS) is 9.95. The van der Waals surface area contributed by atoms with Crippen molar-refractivity contribution in [1.82, 2.24) is 0 Å². The first-order valence-electron chi connectivity index (χ1n) is 5.82. The van der Waals surface area contributed by atoms with E-state index in [1.54, 1.807) is 12.1 Å². The van der Waals surface area contributed by atoms with Gasteiger partial charge in [-0.25, -0.2) is 0 Å². The molecule has 2 rings (SSSR count). The van der Waals surface area contributed by atoms with E-state index in [0.29, 0.717) is 12.1 Å². The molecule has 0 aliphatic carbocycles. The monoisotopic (exact) mass is 316 g/mol. The molecule has 0 spiro atoms. The fraction of sp³-hybridized carbons (Fsp3) is 0.133. The molecule has 2 N–H and O–H groups in total. The zero-order valence-electron chi connectivity index (χ0n) is 10.4. The third kappa shape index (κ3) is 3.27. The molecular weight excluding hydrogens is 304 g/mol. The van der Waals surface area contributed by atoms with E-state index >= 15 is 0 Å². The van der Waals surface area contributed by atoms with Gasteiger partial charge in [0.2, 0.25) is 0 Å². The van der Waals surface area contributed by atoms with Gasteiger partial charge in [0.05, 0.1) is 11.3 Å². The maximum absolute atomic E-state index is 9.78. The molecule has 0 saturated heterocycles. The number of rotatable bonds is 3. The van der Waals surface area contributed by atoms with Gasteiger partial charge in [0, 0.05) is 16.6 Å². The first-order chi connectivity index (χ1) is 9.10. The molecule has 0 aliphatic heterocycles. The summed E-state index contributed by atoms with van der Waals surface area (Å²) >= 11 is 3.38. The first-order valence-corrected chi connectivity index (χ1v) is 6.61. The quantitative estimate of drug-likeness (QED) is 0.901. The second kappa shape index (κ2) is 5.77. The molecule has 0 bridgehead atoms. The summed E-state index contributed by atoms with van der Waals surface area (Å²) in [5, 5.41) is 22.0. The second-order valence-electron chi connectivity index (χ2n) is 4.29. The molecule has 19 heavy (non-hydrogen) atoms. The maximum Gasteiger partial charge on any atom is 0.120 e. The van der Waals surface area contributed by atoms with Crippen molar-refractivity contribution in [3.63, 3.8) is 0 Å². The lowest BCUT2D eigenvalue weighted by Gasteiger charge is -2.10. The SMILES string of the molecule is Cc1ccc(O)c(CNc2cc(Br)ccc2C#N)c1. The number of aryl methyl sites for hydroxylation is 1. The lowest BCUT2D eigenvalue weighted by molar-refractivity contribution is 0.469. The zero-order chi connectivity index (χ0) is 13.8. The molecule has 0 saturated carbocycles. The minimum Gasteiger partial charge on any atom is -0.508 e. The van der Waals surface area contributed by atoms with Crippen LogP contribution in [-0.4, -0.2) is 5.11 Å². The number of benzene rings is 2. The molecular formula is C15H13BrN2O. The van der Waals surface area contributed by atoms with E-state index < -0.39 is 0 Å². The summed E-state index contributed by atoms with van der Waals surface area (Å²) in [7, 11) is 0. The van der Waals surface area contributed by atoms with E-state index in [9.17, 15) is 5.11 Å². The number of anilines is 1. The summed E-state index contributed by atoms with van der Waals surface area (Å²) in [5.41, 5.74) is 3.22. The standard InChI is InChI=1S/C15H13BrN2O/c1-10-2-5-15(19)12(6-10)9-18-14-7-13(16)4-3-11(14)8-17/h2-7,18-19H,9H2,1H3. The van der Waals surface area contributed by atoms with Gasteiger partial charge in [-0.15, -0.1) is 0 Å². The summed E-state index contributed by atoms with van der Waals surface area (Å²) in [6.45, 7) is 2.45. The van der Waals surface area contributed by atoms with Crippen molar-refractivity contribution >= 4 is 21.6 Å². The van der Waals surface area contributed by atoms with Crippen molar-refractivity contribution in [2.45, 2.75) is 13.5 Å². The van der Waals surface area contributed by atoms with Gasteiger partial charge in [0.25, 0.3) is 0 Å². The van der Waals surface area contributed by atoms with Crippen molar-refractivity contribution in [3.05, 3.63) is 57.6 Å². The molecule has 3 nitrogen and oxygen atoms in total. The number of nitrogens with one attached hydrogen (secondary N) is 1. The molecule has 4 heteroatoms. The third-order valence-corrected chi connectivity index (χ3v) is 3.30. The van der Waals surface area contributed by atoms with Gasteiger partial charge in [0.15, 0.2) is 0 Å². The van der Waals surface area contributed by atoms with Gasteiger partial charge in [-0.05, 0) is 31.2 Å². The van der Waals surface area contributed by atoms with Crippen molar-refractivity contribution in [3.8, 4) is 11.8 Å². The van der Waals surface area contributed by atoms with Crippen LogP contribution in [0.2, 0.25) is 0 Å². The van der Waals surface area contributed by atoms with Crippen LogP contribution in [-0.2, 0) is 6.54 Å². The van der Waals surface area contributed by atoms with Crippen LogP contribution in [0.4, 0.5) is 5.69 Å². The van der Waals surface area contributed by atoms with Crippen molar-refractivity contribution in [2.24, 2.45) is 0 Å². The minimum atomic E-state index is 0.256. The molecule has 0 fully saturated rings. The Hall–Kier alpha value is -1.99. The number of phenolic OH excluding ortho intramolecular Hbond substituents is 1. The fourth-order valence-corrected chi connectivity index (χ4v) is 2.17. The van der Waals surface area contributed by atoms with Crippen molar-refractivity contribution in [1.29, 1.82) is 5.26 Å². The molecule has 96 valence electrons. The highest BCUT2D eigenvalue weighted by molar-refractivity contribution is 9.10. The third-order valence-electron chi connectivity index (χ3n) is 2.81. The fourth-order valence-electron chi connectivity index (χ4n) is 1.81. The van der Waals surface area contributed by atoms with Crippen molar-refractivity contribution in [2.75, 3.05) is 5.32 Å². The van der Waals surface area contributed by atoms with Gasteiger partial charge in [-0.1, -0.05) is 33.6 Å².